The van der Waals surface area contributed by atoms with Crippen LogP contribution in [0.2, 0.25) is 0 Å². The van der Waals surface area contributed by atoms with Crippen LogP contribution >= 0.6 is 0 Å². The average Bonchev–Trinajstić information content (AvgIpc) is 2.93. The Balaban J connectivity index is 1.66. The zero-order valence-electron chi connectivity index (χ0n) is 16.1. The van der Waals surface area contributed by atoms with Gasteiger partial charge in [-0.25, -0.2) is 4.39 Å². The van der Waals surface area contributed by atoms with E-state index in [0.717, 1.165) is 49.2 Å². The van der Waals surface area contributed by atoms with E-state index < -0.39 is 0 Å². The molecular weight excluding hydrogens is 355 g/mol. The number of hydrogen-bond donors (Lipinski definition) is 1. The summed E-state index contributed by atoms with van der Waals surface area (Å²) < 4.78 is 16.6. The first-order chi connectivity index (χ1) is 13.5. The smallest absolute Gasteiger partial charge is 0.255 e. The topological polar surface area (TPSA) is 59.8 Å². The normalized spacial score (nSPS) is 13.7. The lowest BCUT2D eigenvalue weighted by Gasteiger charge is -2.12. The molecule has 3 aromatic rings. The van der Waals surface area contributed by atoms with E-state index in [1.807, 2.05) is 30.5 Å². The SMILES string of the molecule is Cc1cccc(C(=O)Nc2ccc(F)c(-c3nnc4n3CCCCC4)c2)c1C. The monoisotopic (exact) mass is 378 g/mol. The van der Waals surface area contributed by atoms with Crippen LogP contribution in [-0.2, 0) is 13.0 Å². The lowest BCUT2D eigenvalue weighted by Crippen LogP contribution is -2.14. The van der Waals surface area contributed by atoms with Gasteiger partial charge in [0.2, 0.25) is 0 Å². The average molecular weight is 378 g/mol. The van der Waals surface area contributed by atoms with Gasteiger partial charge in [-0.05, 0) is 62.1 Å². The van der Waals surface area contributed by atoms with Crippen molar-refractivity contribution in [2.75, 3.05) is 5.32 Å². The number of nitrogens with zero attached hydrogens (tertiary/aromatic N) is 3. The number of aromatic nitrogens is 3. The van der Waals surface area contributed by atoms with Crippen molar-refractivity contribution in [2.45, 2.75) is 46.1 Å². The Morgan fingerprint density at radius 3 is 2.82 bits per heavy atom. The van der Waals surface area contributed by atoms with Crippen molar-refractivity contribution in [2.24, 2.45) is 0 Å². The van der Waals surface area contributed by atoms with Gasteiger partial charge in [0.1, 0.15) is 11.6 Å². The Morgan fingerprint density at radius 2 is 1.96 bits per heavy atom. The highest BCUT2D eigenvalue weighted by Crippen LogP contribution is 2.28. The first kappa shape index (κ1) is 18.3. The minimum atomic E-state index is -0.371. The molecule has 2 heterocycles. The van der Waals surface area contributed by atoms with E-state index in [2.05, 4.69) is 15.5 Å². The molecule has 0 aliphatic carbocycles. The summed E-state index contributed by atoms with van der Waals surface area (Å²) in [7, 11) is 0. The molecule has 0 bridgehead atoms. The van der Waals surface area contributed by atoms with Gasteiger partial charge in [-0.3, -0.25) is 4.79 Å². The molecule has 0 saturated carbocycles. The minimum absolute atomic E-state index is 0.209. The zero-order chi connectivity index (χ0) is 19.7. The van der Waals surface area contributed by atoms with Crippen LogP contribution in [0.5, 0.6) is 0 Å². The highest BCUT2D eigenvalue weighted by atomic mass is 19.1. The van der Waals surface area contributed by atoms with Gasteiger partial charge < -0.3 is 9.88 Å². The number of nitrogens with one attached hydrogen (secondary N) is 1. The Kier molecular flexibility index (Phi) is 4.94. The molecule has 0 radical (unpaired) electrons. The van der Waals surface area contributed by atoms with Crippen molar-refractivity contribution in [1.82, 2.24) is 14.8 Å². The van der Waals surface area contributed by atoms with Gasteiger partial charge in [0.25, 0.3) is 5.91 Å². The van der Waals surface area contributed by atoms with E-state index in [1.54, 1.807) is 18.2 Å². The molecule has 28 heavy (non-hydrogen) atoms. The summed E-state index contributed by atoms with van der Waals surface area (Å²) >= 11 is 0. The van der Waals surface area contributed by atoms with Gasteiger partial charge in [0.05, 0.1) is 5.56 Å². The van der Waals surface area contributed by atoms with Crippen molar-refractivity contribution < 1.29 is 9.18 Å². The number of benzene rings is 2. The Hall–Kier alpha value is -3.02. The minimum Gasteiger partial charge on any atom is -0.322 e. The number of rotatable bonds is 3. The van der Waals surface area contributed by atoms with Crippen molar-refractivity contribution in [3.8, 4) is 11.4 Å². The third-order valence-electron chi connectivity index (χ3n) is 5.42. The molecule has 0 unspecified atom stereocenters. The van der Waals surface area contributed by atoms with Crippen molar-refractivity contribution >= 4 is 11.6 Å². The van der Waals surface area contributed by atoms with Gasteiger partial charge in [-0.15, -0.1) is 10.2 Å². The molecule has 1 aliphatic rings. The number of amides is 1. The fourth-order valence-corrected chi connectivity index (χ4v) is 3.65. The quantitative estimate of drug-likeness (QED) is 0.720. The molecule has 5 nitrogen and oxygen atoms in total. The number of halogens is 1. The Labute approximate surface area is 163 Å². The van der Waals surface area contributed by atoms with Crippen LogP contribution < -0.4 is 5.32 Å². The molecule has 0 saturated heterocycles. The van der Waals surface area contributed by atoms with Crippen molar-refractivity contribution in [3.05, 3.63) is 64.7 Å². The van der Waals surface area contributed by atoms with E-state index >= 15 is 0 Å². The van der Waals surface area contributed by atoms with Gasteiger partial charge in [0.15, 0.2) is 5.82 Å². The van der Waals surface area contributed by atoms with Crippen molar-refractivity contribution in [3.63, 3.8) is 0 Å². The molecule has 0 fully saturated rings. The highest BCUT2D eigenvalue weighted by molar-refractivity contribution is 6.05. The van der Waals surface area contributed by atoms with Gasteiger partial charge in [-0.1, -0.05) is 18.6 Å². The predicted octanol–water partition coefficient (Wildman–Crippen LogP) is 4.68. The molecule has 4 rings (SSSR count). The van der Waals surface area contributed by atoms with E-state index in [0.29, 0.717) is 22.6 Å². The largest absolute Gasteiger partial charge is 0.322 e. The maximum absolute atomic E-state index is 14.6. The summed E-state index contributed by atoms with van der Waals surface area (Å²) in [6, 6.07) is 10.2. The van der Waals surface area contributed by atoms with Gasteiger partial charge >= 0.3 is 0 Å². The second-order valence-corrected chi connectivity index (χ2v) is 7.30. The van der Waals surface area contributed by atoms with Crippen LogP contribution in [0.15, 0.2) is 36.4 Å². The second kappa shape index (κ2) is 7.54. The lowest BCUT2D eigenvalue weighted by atomic mass is 10.0. The molecule has 2 aromatic carbocycles. The van der Waals surface area contributed by atoms with Crippen LogP contribution in [0.4, 0.5) is 10.1 Å². The number of carbonyl (C=O) groups excluding carboxylic acids is 1. The third kappa shape index (κ3) is 3.42. The summed E-state index contributed by atoms with van der Waals surface area (Å²) in [6.07, 6.45) is 4.10. The number of carbonyl (C=O) groups is 1. The first-order valence-corrected chi connectivity index (χ1v) is 9.64. The summed E-state index contributed by atoms with van der Waals surface area (Å²) in [6.45, 7) is 4.68. The van der Waals surface area contributed by atoms with Crippen molar-refractivity contribution in [1.29, 1.82) is 0 Å². The third-order valence-corrected chi connectivity index (χ3v) is 5.42. The predicted molar refractivity (Wildman–Crippen MR) is 107 cm³/mol. The number of hydrogen-bond acceptors (Lipinski definition) is 3. The standard InChI is InChI=1S/C22H23FN4O/c1-14-7-6-8-17(15(14)2)22(28)24-16-10-11-19(23)18(13-16)21-26-25-20-9-4-3-5-12-27(20)21/h6-8,10-11,13H,3-5,9,12H2,1-2H3,(H,24,28). The summed E-state index contributed by atoms with van der Waals surface area (Å²) in [5.41, 5.74) is 3.50. The molecule has 1 amide bonds. The molecule has 1 aliphatic heterocycles. The van der Waals surface area contributed by atoms with Crippen LogP contribution in [0, 0.1) is 19.7 Å². The van der Waals surface area contributed by atoms with Gasteiger partial charge in [0, 0.05) is 24.2 Å². The Bertz CT molecular complexity index is 1040. The van der Waals surface area contributed by atoms with E-state index in [4.69, 9.17) is 0 Å². The molecule has 144 valence electrons. The zero-order valence-corrected chi connectivity index (χ0v) is 16.1. The number of fused-ring (bicyclic) bond motifs is 1. The lowest BCUT2D eigenvalue weighted by molar-refractivity contribution is 0.102. The van der Waals surface area contributed by atoms with E-state index in [9.17, 15) is 9.18 Å². The number of aryl methyl sites for hydroxylation is 2. The molecule has 6 heteroatoms. The number of anilines is 1. The summed E-state index contributed by atoms with van der Waals surface area (Å²) in [4.78, 5) is 12.7. The molecule has 0 spiro atoms. The highest BCUT2D eigenvalue weighted by Gasteiger charge is 2.19. The summed E-state index contributed by atoms with van der Waals surface area (Å²) in [5.74, 6) is 0.844. The van der Waals surface area contributed by atoms with Crippen LogP contribution in [0.1, 0.15) is 46.6 Å². The fourth-order valence-electron chi connectivity index (χ4n) is 3.65. The van der Waals surface area contributed by atoms with Crippen LogP contribution in [0.3, 0.4) is 0 Å². The molecule has 0 atom stereocenters. The fraction of sp³-hybridized carbons (Fsp3) is 0.318. The van der Waals surface area contributed by atoms with Crippen LogP contribution in [0.25, 0.3) is 11.4 Å². The maximum Gasteiger partial charge on any atom is 0.255 e. The Morgan fingerprint density at radius 1 is 1.11 bits per heavy atom. The molecule has 1 aromatic heterocycles. The van der Waals surface area contributed by atoms with Gasteiger partial charge in [-0.2, -0.15) is 0 Å². The first-order valence-electron chi connectivity index (χ1n) is 9.64. The van der Waals surface area contributed by atoms with Crippen LogP contribution in [-0.4, -0.2) is 20.7 Å². The van der Waals surface area contributed by atoms with E-state index in [-0.39, 0.29) is 11.7 Å². The summed E-state index contributed by atoms with van der Waals surface area (Å²) in [5, 5.41) is 11.4. The molecular formula is C22H23FN4O. The van der Waals surface area contributed by atoms with E-state index in [1.165, 1.54) is 6.07 Å². The second-order valence-electron chi connectivity index (χ2n) is 7.30. The maximum atomic E-state index is 14.6. The molecule has 1 N–H and O–H groups in total.